The van der Waals surface area contributed by atoms with Crippen LogP contribution in [0.25, 0.3) is 0 Å². The minimum atomic E-state index is -0.194. The van der Waals surface area contributed by atoms with Gasteiger partial charge in [0.15, 0.2) is 0 Å². The molecule has 40 heavy (non-hydrogen) atoms. The maximum absolute atomic E-state index is 13.9. The van der Waals surface area contributed by atoms with Gasteiger partial charge in [-0.1, -0.05) is 56.5 Å². The summed E-state index contributed by atoms with van der Waals surface area (Å²) in [5.41, 5.74) is 1.95. The molecule has 4 saturated carbocycles. The molecular formula is C34H46N2O3S. The van der Waals surface area contributed by atoms with Crippen molar-refractivity contribution in [2.75, 3.05) is 18.1 Å². The summed E-state index contributed by atoms with van der Waals surface area (Å²) in [6, 6.07) is 16.6. The highest BCUT2D eigenvalue weighted by Gasteiger charge is 2.51. The van der Waals surface area contributed by atoms with E-state index in [1.165, 1.54) is 57.8 Å². The topological polar surface area (TPSA) is 58.6 Å². The largest absolute Gasteiger partial charge is 0.466 e. The fourth-order valence-electron chi connectivity index (χ4n) is 7.66. The van der Waals surface area contributed by atoms with E-state index < -0.39 is 0 Å². The highest BCUT2D eigenvalue weighted by atomic mass is 32.2. The van der Waals surface area contributed by atoms with Crippen molar-refractivity contribution in [3.63, 3.8) is 0 Å². The molecule has 2 aromatic rings. The molecule has 4 fully saturated rings. The van der Waals surface area contributed by atoms with Crippen LogP contribution < -0.4 is 10.2 Å². The van der Waals surface area contributed by atoms with Crippen molar-refractivity contribution in [1.82, 2.24) is 5.32 Å². The van der Waals surface area contributed by atoms with Gasteiger partial charge in [-0.2, -0.15) is 0 Å². The van der Waals surface area contributed by atoms with Gasteiger partial charge in [0.1, 0.15) is 0 Å². The van der Waals surface area contributed by atoms with Gasteiger partial charge in [-0.25, -0.2) is 4.79 Å². The van der Waals surface area contributed by atoms with E-state index in [1.807, 2.05) is 24.0 Å². The number of anilines is 1. The molecule has 4 aliphatic carbocycles. The van der Waals surface area contributed by atoms with Gasteiger partial charge in [0, 0.05) is 27.6 Å². The van der Waals surface area contributed by atoms with Crippen molar-refractivity contribution in [1.29, 1.82) is 0 Å². The van der Waals surface area contributed by atoms with Crippen molar-refractivity contribution >= 4 is 29.4 Å². The summed E-state index contributed by atoms with van der Waals surface area (Å²) in [6.45, 7) is 5.23. The molecule has 0 spiro atoms. The highest BCUT2D eigenvalue weighted by Crippen LogP contribution is 2.55. The number of esters is 1. The zero-order valence-electron chi connectivity index (χ0n) is 24.3. The van der Waals surface area contributed by atoms with Crippen molar-refractivity contribution < 1.29 is 14.3 Å². The first-order chi connectivity index (χ1) is 19.4. The minimum Gasteiger partial charge on any atom is -0.466 e. The molecule has 2 amide bonds. The smallest absolute Gasteiger partial charge is 0.322 e. The van der Waals surface area contributed by atoms with E-state index >= 15 is 0 Å². The monoisotopic (exact) mass is 562 g/mol. The summed E-state index contributed by atoms with van der Waals surface area (Å²) in [6.07, 6.45) is 13.9. The maximum atomic E-state index is 13.9. The normalized spacial score (nSPS) is 24.6. The van der Waals surface area contributed by atoms with Gasteiger partial charge in [-0.15, -0.1) is 0 Å². The van der Waals surface area contributed by atoms with Gasteiger partial charge >= 0.3 is 12.0 Å². The predicted molar refractivity (Wildman–Crippen MR) is 163 cm³/mol. The van der Waals surface area contributed by atoms with Gasteiger partial charge in [0.2, 0.25) is 0 Å². The molecule has 2 aromatic carbocycles. The lowest BCUT2D eigenvalue weighted by atomic mass is 9.53. The van der Waals surface area contributed by atoms with Crippen molar-refractivity contribution in [3.8, 4) is 0 Å². The summed E-state index contributed by atoms with van der Waals surface area (Å²) in [5, 5.41) is 3.61. The molecule has 1 N–H and O–H groups in total. The Morgan fingerprint density at radius 2 is 1.43 bits per heavy atom. The second-order valence-corrected chi connectivity index (χ2v) is 13.6. The standard InChI is InChI=1S/C34H46N2O3S/c1-3-5-6-7-8-17-36(33(38)35-34-22-26-18-27(23-34)20-28(19-26)24-34)29-11-15-31(16-12-29)40-30-13-9-25(10-14-30)21-32(37)39-4-2/h9-16,26-28H,3-8,17-24H2,1-2H3,(H,35,38). The Bertz CT molecular complexity index is 1100. The predicted octanol–water partition coefficient (Wildman–Crippen LogP) is 8.40. The highest BCUT2D eigenvalue weighted by molar-refractivity contribution is 7.99. The Hall–Kier alpha value is -2.47. The van der Waals surface area contributed by atoms with E-state index in [9.17, 15) is 9.59 Å². The zero-order valence-corrected chi connectivity index (χ0v) is 25.1. The number of nitrogens with one attached hydrogen (secondary N) is 1. The lowest BCUT2D eigenvalue weighted by Crippen LogP contribution is -2.62. The average molecular weight is 563 g/mol. The number of urea groups is 1. The fraction of sp³-hybridized carbons (Fsp3) is 0.588. The summed E-state index contributed by atoms with van der Waals surface area (Å²) in [4.78, 5) is 29.9. The van der Waals surface area contributed by atoms with Gasteiger partial charge in [0.25, 0.3) is 0 Å². The van der Waals surface area contributed by atoms with Gasteiger partial charge in [-0.3, -0.25) is 9.69 Å². The quantitative estimate of drug-likeness (QED) is 0.197. The fourth-order valence-corrected chi connectivity index (χ4v) is 8.48. The van der Waals surface area contributed by atoms with Crippen molar-refractivity contribution in [2.45, 2.75) is 106 Å². The molecule has 0 atom stereocenters. The number of unbranched alkanes of at least 4 members (excludes halogenated alkanes) is 4. The van der Waals surface area contributed by atoms with Crippen molar-refractivity contribution in [3.05, 3.63) is 54.1 Å². The molecule has 216 valence electrons. The number of rotatable bonds is 13. The van der Waals surface area contributed by atoms with E-state index in [2.05, 4.69) is 48.6 Å². The Balaban J connectivity index is 1.23. The van der Waals surface area contributed by atoms with E-state index in [4.69, 9.17) is 4.74 Å². The third-order valence-electron chi connectivity index (χ3n) is 9.10. The second-order valence-electron chi connectivity index (χ2n) is 12.4. The van der Waals surface area contributed by atoms with Crippen LogP contribution in [0, 0.1) is 17.8 Å². The number of ether oxygens (including phenoxy) is 1. The summed E-state index contributed by atoms with van der Waals surface area (Å²) in [5.74, 6) is 2.24. The first kappa shape index (κ1) is 29.0. The second kappa shape index (κ2) is 13.5. The molecule has 0 unspecified atom stereocenters. The number of hydrogen-bond donors (Lipinski definition) is 1. The molecule has 0 radical (unpaired) electrons. The van der Waals surface area contributed by atoms with Crippen LogP contribution in [0.1, 0.15) is 90.0 Å². The molecule has 5 nitrogen and oxygen atoms in total. The van der Waals surface area contributed by atoms with Crippen LogP contribution in [0.15, 0.2) is 58.3 Å². The van der Waals surface area contributed by atoms with Crippen LogP contribution in [0.4, 0.5) is 10.5 Å². The third-order valence-corrected chi connectivity index (χ3v) is 10.1. The molecule has 4 bridgehead atoms. The third kappa shape index (κ3) is 7.43. The number of amides is 2. The van der Waals surface area contributed by atoms with E-state index in [1.54, 1.807) is 11.8 Å². The summed E-state index contributed by atoms with van der Waals surface area (Å²) in [7, 11) is 0. The lowest BCUT2D eigenvalue weighted by Gasteiger charge is -2.57. The maximum Gasteiger partial charge on any atom is 0.322 e. The Kier molecular flexibility index (Phi) is 9.77. The van der Waals surface area contributed by atoms with E-state index in [-0.39, 0.29) is 17.5 Å². The molecule has 6 heteroatoms. The van der Waals surface area contributed by atoms with E-state index in [0.29, 0.717) is 13.0 Å². The molecule has 4 aliphatic rings. The van der Waals surface area contributed by atoms with Crippen LogP contribution >= 0.6 is 11.8 Å². The first-order valence-corrected chi connectivity index (χ1v) is 16.4. The van der Waals surface area contributed by atoms with Gasteiger partial charge in [-0.05, 0) is 112 Å². The molecule has 6 rings (SSSR count). The Morgan fingerprint density at radius 3 is 2.00 bits per heavy atom. The number of benzene rings is 2. The van der Waals surface area contributed by atoms with Crippen LogP contribution in [0.2, 0.25) is 0 Å². The van der Waals surface area contributed by atoms with Crippen LogP contribution in [0.3, 0.4) is 0 Å². The molecule has 0 aliphatic heterocycles. The van der Waals surface area contributed by atoms with Gasteiger partial charge in [0.05, 0.1) is 13.0 Å². The molecular weight excluding hydrogens is 516 g/mol. The summed E-state index contributed by atoms with van der Waals surface area (Å²) < 4.78 is 5.05. The SMILES string of the molecule is CCCCCCCN(C(=O)NC12CC3CC(CC(C3)C1)C2)c1ccc(Sc2ccc(CC(=O)OCC)cc2)cc1. The number of hydrogen-bond acceptors (Lipinski definition) is 4. The molecule has 0 heterocycles. The molecule has 0 saturated heterocycles. The number of nitrogens with zero attached hydrogens (tertiary/aromatic N) is 1. The zero-order chi connectivity index (χ0) is 28.0. The van der Waals surface area contributed by atoms with Crippen LogP contribution in [0.5, 0.6) is 0 Å². The van der Waals surface area contributed by atoms with E-state index in [0.717, 1.165) is 58.2 Å². The van der Waals surface area contributed by atoms with Crippen LogP contribution in [-0.2, 0) is 16.0 Å². The summed E-state index contributed by atoms with van der Waals surface area (Å²) >= 11 is 1.69. The number of carbonyl (C=O) groups excluding carboxylic acids is 2. The van der Waals surface area contributed by atoms with Crippen LogP contribution in [-0.4, -0.2) is 30.7 Å². The Labute approximate surface area is 244 Å². The first-order valence-electron chi connectivity index (χ1n) is 15.6. The molecule has 0 aromatic heterocycles. The lowest BCUT2D eigenvalue weighted by molar-refractivity contribution is -0.142. The average Bonchev–Trinajstić information content (AvgIpc) is 2.91. The Morgan fingerprint density at radius 1 is 0.850 bits per heavy atom. The number of carbonyl (C=O) groups is 2. The van der Waals surface area contributed by atoms with Crippen molar-refractivity contribution in [2.24, 2.45) is 17.8 Å². The minimum absolute atomic E-state index is 0.0154. The van der Waals surface area contributed by atoms with Gasteiger partial charge < -0.3 is 10.1 Å².